The second-order valence-electron chi connectivity index (χ2n) is 8.62. The molecular formula is C24H29N5O3S2. The number of benzene rings is 1. The highest BCUT2D eigenvalue weighted by Gasteiger charge is 2.34. The van der Waals surface area contributed by atoms with Crippen molar-refractivity contribution in [3.05, 3.63) is 54.4 Å². The minimum Gasteiger partial charge on any atom is -0.338 e. The zero-order chi connectivity index (χ0) is 24.3. The highest BCUT2D eigenvalue weighted by Crippen LogP contribution is 2.32. The van der Waals surface area contributed by atoms with Crippen molar-refractivity contribution in [2.24, 2.45) is 0 Å². The maximum atomic E-state index is 13.1. The highest BCUT2D eigenvalue weighted by molar-refractivity contribution is 7.99. The Kier molecular flexibility index (Phi) is 7.37. The minimum absolute atomic E-state index is 0.0420. The van der Waals surface area contributed by atoms with E-state index in [1.165, 1.54) is 11.8 Å². The van der Waals surface area contributed by atoms with Crippen molar-refractivity contribution in [3.8, 4) is 17.1 Å². The number of sulfone groups is 1. The number of hydrogen-bond donors (Lipinski definition) is 0. The van der Waals surface area contributed by atoms with Gasteiger partial charge in [-0.05, 0) is 43.0 Å². The van der Waals surface area contributed by atoms with Crippen LogP contribution in [0.25, 0.3) is 17.1 Å². The third-order valence-corrected chi connectivity index (χ3v) is 8.65. The molecule has 0 spiro atoms. The molecule has 1 atom stereocenters. The molecule has 1 aliphatic rings. The molecule has 0 saturated carbocycles. The first kappa shape index (κ1) is 24.4. The van der Waals surface area contributed by atoms with E-state index in [-0.39, 0.29) is 35.1 Å². The molecule has 1 amide bonds. The Labute approximate surface area is 204 Å². The lowest BCUT2D eigenvalue weighted by atomic mass is 10.0. The number of pyridine rings is 1. The van der Waals surface area contributed by atoms with Gasteiger partial charge in [-0.1, -0.05) is 43.8 Å². The van der Waals surface area contributed by atoms with Gasteiger partial charge in [-0.3, -0.25) is 14.3 Å². The van der Waals surface area contributed by atoms with Crippen LogP contribution in [-0.2, 0) is 14.6 Å². The van der Waals surface area contributed by atoms with Crippen LogP contribution in [-0.4, -0.2) is 68.8 Å². The second kappa shape index (κ2) is 10.3. The summed E-state index contributed by atoms with van der Waals surface area (Å²) in [4.78, 5) is 19.0. The topological polar surface area (TPSA) is 98.1 Å². The molecule has 10 heteroatoms. The summed E-state index contributed by atoms with van der Waals surface area (Å²) in [5.74, 6) is 1.18. The summed E-state index contributed by atoms with van der Waals surface area (Å²) in [6.07, 6.45) is 3.95. The molecule has 0 bridgehead atoms. The molecule has 0 radical (unpaired) electrons. The average molecular weight is 500 g/mol. The van der Waals surface area contributed by atoms with E-state index in [4.69, 9.17) is 0 Å². The molecule has 1 aliphatic heterocycles. The molecule has 34 heavy (non-hydrogen) atoms. The van der Waals surface area contributed by atoms with E-state index < -0.39 is 9.84 Å². The molecule has 0 N–H and O–H groups in total. The summed E-state index contributed by atoms with van der Waals surface area (Å²) in [5.41, 5.74) is 2.94. The SMILES string of the molecule is CCN(C(=O)CSc1nnc(-c2cccnc2)n1-c1ccccc1C(C)C)C1CCS(=O)(=O)C1. The number of nitrogens with zero attached hydrogens (tertiary/aromatic N) is 5. The smallest absolute Gasteiger partial charge is 0.233 e. The van der Waals surface area contributed by atoms with Crippen molar-refractivity contribution < 1.29 is 13.2 Å². The van der Waals surface area contributed by atoms with Crippen LogP contribution in [0.15, 0.2) is 53.9 Å². The number of rotatable bonds is 8. The largest absolute Gasteiger partial charge is 0.338 e. The molecule has 0 aliphatic carbocycles. The van der Waals surface area contributed by atoms with Gasteiger partial charge in [0.05, 0.1) is 22.9 Å². The van der Waals surface area contributed by atoms with Crippen LogP contribution in [0.2, 0.25) is 0 Å². The molecule has 1 aromatic carbocycles. The Hall–Kier alpha value is -2.72. The number of amides is 1. The summed E-state index contributed by atoms with van der Waals surface area (Å²) in [7, 11) is -3.07. The third-order valence-electron chi connectivity index (χ3n) is 5.99. The lowest BCUT2D eigenvalue weighted by molar-refractivity contribution is -0.129. The fourth-order valence-corrected chi connectivity index (χ4v) is 6.87. The summed E-state index contributed by atoms with van der Waals surface area (Å²) in [6, 6.07) is 11.6. The van der Waals surface area contributed by atoms with Gasteiger partial charge >= 0.3 is 0 Å². The van der Waals surface area contributed by atoms with Crippen molar-refractivity contribution in [1.29, 1.82) is 0 Å². The number of carbonyl (C=O) groups excluding carboxylic acids is 1. The van der Waals surface area contributed by atoms with Crippen LogP contribution in [0.1, 0.15) is 38.7 Å². The first-order valence-corrected chi connectivity index (χ1v) is 14.2. The van der Waals surface area contributed by atoms with Crippen LogP contribution >= 0.6 is 11.8 Å². The first-order chi connectivity index (χ1) is 16.3. The molecule has 1 fully saturated rings. The van der Waals surface area contributed by atoms with Crippen molar-refractivity contribution in [2.45, 2.75) is 44.3 Å². The van der Waals surface area contributed by atoms with Gasteiger partial charge in [0.2, 0.25) is 5.91 Å². The van der Waals surface area contributed by atoms with E-state index in [0.717, 1.165) is 16.8 Å². The van der Waals surface area contributed by atoms with Crippen LogP contribution in [0.3, 0.4) is 0 Å². The Morgan fingerprint density at radius 1 is 1.21 bits per heavy atom. The summed E-state index contributed by atoms with van der Waals surface area (Å²) in [5, 5.41) is 9.49. The lowest BCUT2D eigenvalue weighted by Crippen LogP contribution is -2.42. The van der Waals surface area contributed by atoms with E-state index in [2.05, 4.69) is 35.1 Å². The van der Waals surface area contributed by atoms with Gasteiger partial charge in [-0.15, -0.1) is 10.2 Å². The summed E-state index contributed by atoms with van der Waals surface area (Å²) >= 11 is 1.32. The Balaban J connectivity index is 1.65. The van der Waals surface area contributed by atoms with E-state index in [0.29, 0.717) is 23.9 Å². The normalized spacial score (nSPS) is 17.2. The quantitative estimate of drug-likeness (QED) is 0.437. The maximum absolute atomic E-state index is 13.1. The number of hydrogen-bond acceptors (Lipinski definition) is 7. The second-order valence-corrected chi connectivity index (χ2v) is 11.8. The van der Waals surface area contributed by atoms with Gasteiger partial charge < -0.3 is 4.90 Å². The number of thioether (sulfide) groups is 1. The third kappa shape index (κ3) is 5.17. The predicted octanol–water partition coefficient (Wildman–Crippen LogP) is 3.58. The number of carbonyl (C=O) groups is 1. The monoisotopic (exact) mass is 499 g/mol. The van der Waals surface area contributed by atoms with Gasteiger partial charge in [-0.25, -0.2) is 8.42 Å². The van der Waals surface area contributed by atoms with Gasteiger partial charge in [-0.2, -0.15) is 0 Å². The average Bonchev–Trinajstić information content (AvgIpc) is 3.41. The Bertz CT molecular complexity index is 1260. The van der Waals surface area contributed by atoms with Gasteiger partial charge in [0.25, 0.3) is 0 Å². The molecule has 180 valence electrons. The summed E-state index contributed by atoms with van der Waals surface area (Å²) < 4.78 is 25.8. The van der Waals surface area contributed by atoms with Gasteiger partial charge in [0.15, 0.2) is 20.8 Å². The Morgan fingerprint density at radius 3 is 2.65 bits per heavy atom. The minimum atomic E-state index is -3.07. The zero-order valence-corrected chi connectivity index (χ0v) is 21.2. The molecule has 1 unspecified atom stereocenters. The molecule has 3 heterocycles. The lowest BCUT2D eigenvalue weighted by Gasteiger charge is -2.26. The molecule has 8 nitrogen and oxygen atoms in total. The van der Waals surface area contributed by atoms with E-state index in [9.17, 15) is 13.2 Å². The summed E-state index contributed by atoms with van der Waals surface area (Å²) in [6.45, 7) is 6.63. The molecule has 3 aromatic rings. The fourth-order valence-electron chi connectivity index (χ4n) is 4.31. The fraction of sp³-hybridized carbons (Fsp3) is 0.417. The Morgan fingerprint density at radius 2 is 2.00 bits per heavy atom. The predicted molar refractivity (Wildman–Crippen MR) is 134 cm³/mol. The van der Waals surface area contributed by atoms with E-state index in [1.807, 2.05) is 41.8 Å². The molecule has 4 rings (SSSR count). The first-order valence-electron chi connectivity index (χ1n) is 11.4. The maximum Gasteiger partial charge on any atom is 0.233 e. The van der Waals surface area contributed by atoms with Crippen molar-refractivity contribution in [2.75, 3.05) is 23.8 Å². The molecule has 1 saturated heterocycles. The standard InChI is InChI=1S/C24H29N5O3S2/c1-4-28(19-11-13-34(31,32)16-19)22(30)15-33-24-27-26-23(18-8-7-12-25-14-18)29(24)21-10-6-5-9-20(21)17(2)3/h5-10,12,14,17,19H,4,11,13,15-16H2,1-3H3. The van der Waals surface area contributed by atoms with Crippen molar-refractivity contribution in [3.63, 3.8) is 0 Å². The number of para-hydroxylation sites is 1. The van der Waals surface area contributed by atoms with E-state index in [1.54, 1.807) is 17.3 Å². The highest BCUT2D eigenvalue weighted by atomic mass is 32.2. The van der Waals surface area contributed by atoms with Crippen molar-refractivity contribution in [1.82, 2.24) is 24.6 Å². The van der Waals surface area contributed by atoms with E-state index >= 15 is 0 Å². The zero-order valence-electron chi connectivity index (χ0n) is 19.6. The van der Waals surface area contributed by atoms with Crippen LogP contribution in [0.5, 0.6) is 0 Å². The van der Waals surface area contributed by atoms with Gasteiger partial charge in [0, 0.05) is 30.5 Å². The van der Waals surface area contributed by atoms with Crippen LogP contribution in [0, 0.1) is 0 Å². The molecular weight excluding hydrogens is 470 g/mol. The van der Waals surface area contributed by atoms with Crippen LogP contribution in [0.4, 0.5) is 0 Å². The number of aromatic nitrogens is 4. The van der Waals surface area contributed by atoms with Crippen LogP contribution < -0.4 is 0 Å². The van der Waals surface area contributed by atoms with Crippen molar-refractivity contribution >= 4 is 27.5 Å². The van der Waals surface area contributed by atoms with Gasteiger partial charge in [0.1, 0.15) is 0 Å². The molecule has 2 aromatic heterocycles.